The fourth-order valence-electron chi connectivity index (χ4n) is 11.2. The van der Waals surface area contributed by atoms with Crippen molar-refractivity contribution in [1.82, 2.24) is 41.4 Å². The number of hydrogen-bond acceptors (Lipinski definition) is 18. The Bertz CT molecular complexity index is 2950. The van der Waals surface area contributed by atoms with Crippen LogP contribution < -0.4 is 37.1 Å². The lowest BCUT2D eigenvalue weighted by Gasteiger charge is -2.32. The van der Waals surface area contributed by atoms with Crippen LogP contribution >= 0.6 is 11.8 Å². The maximum absolute atomic E-state index is 15.4. The summed E-state index contributed by atoms with van der Waals surface area (Å²) in [5.74, 6) is -14.6. The lowest BCUT2D eigenvalue weighted by Crippen LogP contribution is -2.60. The Kier molecular flexibility index (Phi) is 21.6. The molecule has 7 rings (SSSR count). The topological polar surface area (TPSA) is 400 Å². The van der Waals surface area contributed by atoms with Crippen LogP contribution in [0, 0.1) is 29.6 Å². The first-order chi connectivity index (χ1) is 39.4. The number of benzene rings is 1. The van der Waals surface area contributed by atoms with E-state index < -0.39 is 194 Å². The van der Waals surface area contributed by atoms with Crippen molar-refractivity contribution < 1.29 is 81.8 Å². The van der Waals surface area contributed by atoms with Gasteiger partial charge in [-0.25, -0.2) is 0 Å². The third-order valence-corrected chi connectivity index (χ3v) is 19.1. The van der Waals surface area contributed by atoms with Gasteiger partial charge in [0, 0.05) is 85.0 Å². The van der Waals surface area contributed by atoms with Gasteiger partial charge in [0.1, 0.15) is 28.9 Å². The van der Waals surface area contributed by atoms with Gasteiger partial charge >= 0.3 is 0 Å². The molecule has 12 atom stereocenters. The zero-order valence-electron chi connectivity index (χ0n) is 46.6. The molecule has 11 N–H and O–H groups in total. The predicted octanol–water partition coefficient (Wildman–Crippen LogP) is -2.50. The van der Waals surface area contributed by atoms with Gasteiger partial charge in [0.2, 0.25) is 47.3 Å². The molecule has 0 saturated carbocycles. The second-order valence-corrected chi connectivity index (χ2v) is 24.7. The number of primary amides is 1. The second kappa shape index (κ2) is 28.1. The van der Waals surface area contributed by atoms with Gasteiger partial charge < -0.3 is 67.2 Å². The van der Waals surface area contributed by atoms with Crippen molar-refractivity contribution in [3.63, 3.8) is 0 Å². The molecule has 28 heteroatoms. The lowest BCUT2D eigenvalue weighted by molar-refractivity contribution is -0.144. The summed E-state index contributed by atoms with van der Waals surface area (Å²) in [5, 5.41) is 44.7. The third-order valence-electron chi connectivity index (χ3n) is 16.3. The number of ketones is 4. The zero-order chi connectivity index (χ0) is 60.6. The summed E-state index contributed by atoms with van der Waals surface area (Å²) in [4.78, 5) is 171. The van der Waals surface area contributed by atoms with Crippen molar-refractivity contribution in [2.75, 3.05) is 52.2 Å². The van der Waals surface area contributed by atoms with Crippen molar-refractivity contribution in [1.29, 1.82) is 0 Å². The molecule has 5 aliphatic rings. The summed E-state index contributed by atoms with van der Waals surface area (Å²) in [5.41, 5.74) is 6.62. The number of aromatic nitrogens is 1. The summed E-state index contributed by atoms with van der Waals surface area (Å²) >= 11 is 1.47. The molecule has 4 aliphatic heterocycles. The number of carbonyl (C=O) groups excluding carboxylic acids is 12. The number of fused-ring (bicyclic) bond motifs is 5. The first kappa shape index (κ1) is 63.7. The molecule has 2 saturated heterocycles. The number of thioether (sulfide) groups is 1. The van der Waals surface area contributed by atoms with Gasteiger partial charge in [-0.1, -0.05) is 27.2 Å². The van der Waals surface area contributed by atoms with E-state index in [0.29, 0.717) is 48.1 Å². The van der Waals surface area contributed by atoms with Crippen LogP contribution in [-0.4, -0.2) is 199 Å². The van der Waals surface area contributed by atoms with Gasteiger partial charge in [-0.15, -0.1) is 0 Å². The molecule has 0 radical (unpaired) electrons. The van der Waals surface area contributed by atoms with Crippen molar-refractivity contribution in [3.05, 3.63) is 35.4 Å². The molecular weight excluding hydrogens is 1120 g/mol. The first-order valence-corrected chi connectivity index (χ1v) is 30.1. The number of aliphatic hydroxyl groups is 3. The highest BCUT2D eigenvalue weighted by atomic mass is 32.2. The fourth-order valence-corrected chi connectivity index (χ4v) is 13.9. The van der Waals surface area contributed by atoms with Gasteiger partial charge in [-0.3, -0.25) is 61.7 Å². The van der Waals surface area contributed by atoms with Crippen molar-refractivity contribution in [2.45, 2.75) is 131 Å². The van der Waals surface area contributed by atoms with E-state index in [2.05, 4.69) is 31.6 Å². The number of rotatable bonds is 14. The van der Waals surface area contributed by atoms with E-state index in [9.17, 15) is 72.9 Å². The summed E-state index contributed by atoms with van der Waals surface area (Å²) in [6.45, 7) is 2.80. The van der Waals surface area contributed by atoms with Crippen molar-refractivity contribution in [3.8, 4) is 5.75 Å². The molecule has 5 heterocycles. The zero-order valence-corrected chi connectivity index (χ0v) is 48.2. The molecule has 2 bridgehead atoms. The van der Waals surface area contributed by atoms with E-state index in [1.807, 2.05) is 0 Å². The number of hydrogen-bond donors (Lipinski definition) is 10. The predicted molar refractivity (Wildman–Crippen MR) is 298 cm³/mol. The minimum atomic E-state index is -2.43. The Morgan fingerprint density at radius 2 is 1.61 bits per heavy atom. The number of nitrogens with zero attached hydrogens (tertiary/aromatic N) is 2. The fraction of sp³-hybridized carbons (Fsp3) is 0.600. The summed E-state index contributed by atoms with van der Waals surface area (Å²) in [6.07, 6.45) is -2.35. The number of nitrogens with two attached hydrogens (primary N) is 1. The Hall–Kier alpha value is -6.88. The molecule has 1 aromatic heterocycles. The van der Waals surface area contributed by atoms with E-state index in [4.69, 9.17) is 10.5 Å². The van der Waals surface area contributed by atoms with Crippen molar-refractivity contribution in [2.24, 2.45) is 35.3 Å². The van der Waals surface area contributed by atoms with Crippen molar-refractivity contribution >= 4 is 104 Å². The summed E-state index contributed by atoms with van der Waals surface area (Å²) in [6, 6.07) is -3.74. The van der Waals surface area contributed by atoms with Crippen LogP contribution in [0.25, 0.3) is 10.9 Å². The average Bonchev–Trinajstić information content (AvgIpc) is 4.30. The number of aliphatic hydroxyl groups excluding tert-OH is 3. The largest absolute Gasteiger partial charge is 0.496 e. The van der Waals surface area contributed by atoms with Gasteiger partial charge in [0.15, 0.2) is 23.1 Å². The molecule has 83 heavy (non-hydrogen) atoms. The monoisotopic (exact) mass is 1200 g/mol. The van der Waals surface area contributed by atoms with E-state index in [1.54, 1.807) is 30.9 Å². The highest BCUT2D eigenvalue weighted by molar-refractivity contribution is 7.99. The third kappa shape index (κ3) is 15.3. The molecule has 1 aliphatic carbocycles. The number of allylic oxidation sites excluding steroid dienone is 2. The molecule has 1 aromatic carbocycles. The Balaban J connectivity index is 1.35. The standard InChI is InChI=1S/C55H73N9O17S2/c1-5-26(2)34-16-29(66)19-57-50(75)28-14-35-32-6-10-44(81-4)36(24-82-31-12-13-63(22-31)47(74)11-7-33-40(68)8-9-41(33)69)49(32)62-54(35)83(80)25-38(59-46(73)20-58-51(34)76)52(77)60-37(18-45(56)72)55(79)64-21-30(67)17-39(64)53(78)61-48(42(70)15-28)27(3)43(71)23-65/h6,8-10,26-28,30-31,33-34,37-39,43,48,62,65,67,71H,5,7,11-25H2,1-4H3,(H2,56,72)(H,57,75)(H,58,76)(H,59,73)(H,60,77)(H,61,78)/t26-,27-,28+,30?,31?,34-,37-,38-,39-,43-,48-,83?/m0/s1. The molecule has 452 valence electrons. The number of amides is 8. The number of carbonyl (C=O) groups is 12. The van der Waals surface area contributed by atoms with E-state index in [0.717, 1.165) is 4.90 Å². The highest BCUT2D eigenvalue weighted by Crippen LogP contribution is 2.39. The lowest BCUT2D eigenvalue weighted by atomic mass is 9.85. The highest BCUT2D eigenvalue weighted by Gasteiger charge is 2.45. The normalized spacial score (nSPS) is 27.8. The van der Waals surface area contributed by atoms with E-state index in [1.165, 1.54) is 37.9 Å². The van der Waals surface area contributed by atoms with Gasteiger partial charge in [-0.05, 0) is 55.0 Å². The maximum Gasteiger partial charge on any atom is 0.246 e. The van der Waals surface area contributed by atoms with Crippen LogP contribution in [0.15, 0.2) is 29.3 Å². The van der Waals surface area contributed by atoms with Crippen LogP contribution in [0.4, 0.5) is 0 Å². The average molecular weight is 1200 g/mol. The van der Waals surface area contributed by atoms with Crippen LogP contribution in [-0.2, 0) is 80.5 Å². The number of aromatic amines is 1. The molecule has 2 fully saturated rings. The number of nitrogens with one attached hydrogen (secondary N) is 6. The van der Waals surface area contributed by atoms with Crippen LogP contribution in [0.3, 0.4) is 0 Å². The van der Waals surface area contributed by atoms with E-state index in [-0.39, 0.29) is 51.9 Å². The summed E-state index contributed by atoms with van der Waals surface area (Å²) < 4.78 is 21.2. The minimum absolute atomic E-state index is 0.00299. The molecule has 0 spiro atoms. The van der Waals surface area contributed by atoms with Crippen LogP contribution in [0.1, 0.15) is 83.3 Å². The SMILES string of the molecule is CC[C@H](C)[C@@H]1CC(=O)CNC(=O)[C@H]2CC(=O)[C@H]([C@@H](C)[C@@H](O)CO)NC(=O)[C@@H]3CC(O)CN3C(=O)[C@H](CC(N)=O)NC(=O)[C@H](CS(=O)c3[nH]c4c(CSC5CCN(C(=O)CCC6C(=O)C=CC6=O)C5)c(OC)ccc4c3C2)NC(=O)CNC1=O. The summed E-state index contributed by atoms with van der Waals surface area (Å²) in [7, 11) is -1.01. The molecule has 3 unspecified atom stereocenters. The maximum atomic E-state index is 15.4. The smallest absolute Gasteiger partial charge is 0.246 e. The number of likely N-dealkylation sites (tertiary alicyclic amines) is 1. The quantitative estimate of drug-likeness (QED) is 0.0875. The molecule has 2 aromatic rings. The van der Waals surface area contributed by atoms with E-state index >= 15 is 4.21 Å². The molecule has 26 nitrogen and oxygen atoms in total. The molecular formula is C55H73N9O17S2. The number of methoxy groups -OCH3 is 1. The van der Waals surface area contributed by atoms with Crippen LogP contribution in [0.5, 0.6) is 5.75 Å². The minimum Gasteiger partial charge on any atom is -0.496 e. The van der Waals surface area contributed by atoms with Gasteiger partial charge in [0.05, 0.1) is 79.5 Å². The van der Waals surface area contributed by atoms with Crippen LogP contribution in [0.2, 0.25) is 0 Å². The Morgan fingerprint density at radius 1 is 0.904 bits per heavy atom. The number of ether oxygens (including phenoxy) is 1. The first-order valence-electron chi connectivity index (χ1n) is 27.7. The number of Topliss-reactive ketones (excluding diaryl/α,β-unsaturated/α-hetero) is 2. The molecule has 8 amide bonds. The van der Waals surface area contributed by atoms with Gasteiger partial charge in [-0.2, -0.15) is 11.8 Å². The number of H-pyrrole nitrogens is 1. The van der Waals surface area contributed by atoms with Gasteiger partial charge in [0.25, 0.3) is 0 Å². The Labute approximate surface area is 484 Å². The second-order valence-electron chi connectivity index (χ2n) is 22.0. The Morgan fingerprint density at radius 3 is 2.29 bits per heavy atom.